The van der Waals surface area contributed by atoms with Crippen LogP contribution in [-0.2, 0) is 20.9 Å². The summed E-state index contributed by atoms with van der Waals surface area (Å²) in [7, 11) is 0. The first-order chi connectivity index (χ1) is 13.3. The maximum atomic E-state index is 12.6. The highest BCUT2D eigenvalue weighted by molar-refractivity contribution is 7.09. The third kappa shape index (κ3) is 5.00. The molecule has 0 spiro atoms. The van der Waals surface area contributed by atoms with E-state index >= 15 is 0 Å². The van der Waals surface area contributed by atoms with Crippen molar-refractivity contribution in [2.24, 2.45) is 11.8 Å². The Morgan fingerprint density at radius 1 is 1.29 bits per heavy atom. The lowest BCUT2D eigenvalue weighted by atomic mass is 9.92. The van der Waals surface area contributed by atoms with Gasteiger partial charge in [0.25, 0.3) is 0 Å². The van der Waals surface area contributed by atoms with Gasteiger partial charge in [-0.2, -0.15) is 13.2 Å². The normalized spacial score (nSPS) is 27.4. The number of carbonyl (C=O) groups is 2. The first-order valence-corrected chi connectivity index (χ1v) is 9.95. The van der Waals surface area contributed by atoms with Gasteiger partial charge in [-0.3, -0.25) is 9.69 Å². The van der Waals surface area contributed by atoms with Crippen LogP contribution in [0.25, 0.3) is 0 Å². The molecule has 1 aromatic rings. The number of hydrogen-bond donors (Lipinski definition) is 1. The van der Waals surface area contributed by atoms with Gasteiger partial charge in [0, 0.05) is 43.7 Å². The number of carboxylic acids is 1. The van der Waals surface area contributed by atoms with E-state index in [2.05, 4.69) is 9.88 Å². The summed E-state index contributed by atoms with van der Waals surface area (Å²) >= 11 is 1.70. The maximum Gasteiger partial charge on any atom is 0.490 e. The van der Waals surface area contributed by atoms with Gasteiger partial charge in [-0.25, -0.2) is 9.78 Å². The molecule has 4 rings (SSSR count). The maximum absolute atomic E-state index is 12.6. The molecular formula is C17H22F3N3O4S. The van der Waals surface area contributed by atoms with Crippen molar-refractivity contribution >= 4 is 23.2 Å². The molecule has 3 atom stereocenters. The highest BCUT2D eigenvalue weighted by Gasteiger charge is 2.48. The summed E-state index contributed by atoms with van der Waals surface area (Å²) in [5.74, 6) is -1.98. The zero-order valence-corrected chi connectivity index (χ0v) is 15.9. The minimum atomic E-state index is -5.08. The zero-order valence-electron chi connectivity index (χ0n) is 15.1. The molecule has 156 valence electrons. The minimum Gasteiger partial charge on any atom is -0.475 e. The summed E-state index contributed by atoms with van der Waals surface area (Å²) in [5, 5.41) is 10.3. The van der Waals surface area contributed by atoms with Crippen LogP contribution in [0.3, 0.4) is 0 Å². The van der Waals surface area contributed by atoms with Crippen molar-refractivity contribution in [2.45, 2.75) is 31.7 Å². The number of aromatic nitrogens is 1. The van der Waals surface area contributed by atoms with Crippen molar-refractivity contribution in [3.8, 4) is 0 Å². The SMILES string of the molecule is O=C(O)C(F)(F)F.O=C([C@H]1CO[C@@H]2CN(Cc3nccs3)C[C@H]12)N1CCCC1. The van der Waals surface area contributed by atoms with Gasteiger partial charge in [0.15, 0.2) is 0 Å². The van der Waals surface area contributed by atoms with Gasteiger partial charge >= 0.3 is 12.1 Å². The number of carbonyl (C=O) groups excluding carboxylic acids is 1. The largest absolute Gasteiger partial charge is 0.490 e. The number of ether oxygens (including phenoxy) is 1. The lowest BCUT2D eigenvalue weighted by molar-refractivity contribution is -0.192. The summed E-state index contributed by atoms with van der Waals surface area (Å²) in [6.45, 7) is 5.29. The number of fused-ring (bicyclic) bond motifs is 1. The molecule has 28 heavy (non-hydrogen) atoms. The standard InChI is InChI=1S/C15H21N3O2S.C2HF3O2/c19-15(18-4-1-2-5-18)12-10-20-13-8-17(7-11(12)13)9-14-16-3-6-21-14;3-2(4,5)1(6)7/h3,6,11-13H,1-2,4-5,7-10H2;(H,6,7)/t11-,12+,13-;/m1./s1. The third-order valence-corrected chi connectivity index (χ3v) is 5.98. The molecule has 1 amide bonds. The average molecular weight is 421 g/mol. The average Bonchev–Trinajstić information content (AvgIpc) is 3.40. The predicted octanol–water partition coefficient (Wildman–Crippen LogP) is 1.85. The lowest BCUT2D eigenvalue weighted by Gasteiger charge is -2.23. The fraction of sp³-hybridized carbons (Fsp3) is 0.706. The summed E-state index contributed by atoms with van der Waals surface area (Å²) in [5.41, 5.74) is 0. The summed E-state index contributed by atoms with van der Waals surface area (Å²) in [6, 6.07) is 0. The molecule has 3 aliphatic rings. The monoisotopic (exact) mass is 421 g/mol. The van der Waals surface area contributed by atoms with Gasteiger partial charge in [-0.15, -0.1) is 11.3 Å². The van der Waals surface area contributed by atoms with Crippen molar-refractivity contribution in [1.82, 2.24) is 14.8 Å². The Balaban J connectivity index is 0.000000279. The summed E-state index contributed by atoms with van der Waals surface area (Å²) in [4.78, 5) is 30.3. The van der Waals surface area contributed by atoms with Crippen molar-refractivity contribution in [3.63, 3.8) is 0 Å². The van der Waals surface area contributed by atoms with E-state index in [1.54, 1.807) is 11.3 Å². The molecule has 3 aliphatic heterocycles. The zero-order chi connectivity index (χ0) is 20.3. The molecule has 1 aromatic heterocycles. The quantitative estimate of drug-likeness (QED) is 0.802. The Morgan fingerprint density at radius 2 is 1.96 bits per heavy atom. The first-order valence-electron chi connectivity index (χ1n) is 9.07. The second-order valence-corrected chi connectivity index (χ2v) is 8.08. The second kappa shape index (κ2) is 8.75. The molecule has 7 nitrogen and oxygen atoms in total. The van der Waals surface area contributed by atoms with Crippen LogP contribution in [-0.4, -0.2) is 76.8 Å². The Hall–Kier alpha value is -1.72. The number of alkyl halides is 3. The van der Waals surface area contributed by atoms with E-state index in [-0.39, 0.29) is 12.0 Å². The van der Waals surface area contributed by atoms with E-state index in [0.717, 1.165) is 50.6 Å². The Morgan fingerprint density at radius 3 is 2.54 bits per heavy atom. The number of halogens is 3. The smallest absolute Gasteiger partial charge is 0.475 e. The predicted molar refractivity (Wildman–Crippen MR) is 93.6 cm³/mol. The number of thiazole rings is 1. The number of carboxylic acid groups (broad SMARTS) is 1. The van der Waals surface area contributed by atoms with Crippen LogP contribution in [0.2, 0.25) is 0 Å². The number of likely N-dealkylation sites (tertiary alicyclic amines) is 2. The fourth-order valence-corrected chi connectivity index (χ4v) is 4.53. The number of hydrogen-bond acceptors (Lipinski definition) is 6. The van der Waals surface area contributed by atoms with Gasteiger partial charge < -0.3 is 14.7 Å². The lowest BCUT2D eigenvalue weighted by Crippen LogP contribution is -2.38. The Bertz CT molecular complexity index is 680. The highest BCUT2D eigenvalue weighted by Crippen LogP contribution is 2.36. The van der Waals surface area contributed by atoms with Crippen LogP contribution in [0.15, 0.2) is 11.6 Å². The fourth-order valence-electron chi connectivity index (χ4n) is 3.87. The molecule has 3 saturated heterocycles. The van der Waals surface area contributed by atoms with Crippen LogP contribution in [0.1, 0.15) is 17.8 Å². The number of rotatable bonds is 3. The number of amides is 1. The van der Waals surface area contributed by atoms with E-state index in [0.29, 0.717) is 18.4 Å². The Labute approximate surface area is 164 Å². The van der Waals surface area contributed by atoms with Crippen LogP contribution in [0.5, 0.6) is 0 Å². The van der Waals surface area contributed by atoms with E-state index in [4.69, 9.17) is 14.6 Å². The number of aliphatic carboxylic acids is 1. The molecule has 3 fully saturated rings. The topological polar surface area (TPSA) is 83.0 Å². The molecule has 0 aliphatic carbocycles. The second-order valence-electron chi connectivity index (χ2n) is 7.10. The van der Waals surface area contributed by atoms with Crippen molar-refractivity contribution in [1.29, 1.82) is 0 Å². The number of nitrogens with zero attached hydrogens (tertiary/aromatic N) is 3. The third-order valence-electron chi connectivity index (χ3n) is 5.21. The molecule has 0 aromatic carbocycles. The molecule has 0 saturated carbocycles. The summed E-state index contributed by atoms with van der Waals surface area (Å²) in [6.07, 6.45) is -0.679. The van der Waals surface area contributed by atoms with E-state index < -0.39 is 12.1 Å². The van der Waals surface area contributed by atoms with Gasteiger partial charge in [-0.05, 0) is 12.8 Å². The van der Waals surface area contributed by atoms with Crippen LogP contribution in [0.4, 0.5) is 13.2 Å². The van der Waals surface area contributed by atoms with Crippen LogP contribution in [0, 0.1) is 11.8 Å². The van der Waals surface area contributed by atoms with Gasteiger partial charge in [-0.1, -0.05) is 0 Å². The molecule has 0 bridgehead atoms. The molecule has 0 radical (unpaired) electrons. The van der Waals surface area contributed by atoms with Crippen LogP contribution >= 0.6 is 11.3 Å². The highest BCUT2D eigenvalue weighted by atomic mass is 32.1. The molecule has 1 N–H and O–H groups in total. The van der Waals surface area contributed by atoms with Crippen molar-refractivity contribution in [3.05, 3.63) is 16.6 Å². The molecule has 0 unspecified atom stereocenters. The van der Waals surface area contributed by atoms with Gasteiger partial charge in [0.1, 0.15) is 5.01 Å². The van der Waals surface area contributed by atoms with E-state index in [1.807, 2.05) is 16.5 Å². The van der Waals surface area contributed by atoms with Gasteiger partial charge in [0.05, 0.1) is 25.2 Å². The first kappa shape index (κ1) is 21.0. The Kier molecular flexibility index (Phi) is 6.56. The van der Waals surface area contributed by atoms with Crippen molar-refractivity contribution in [2.75, 3.05) is 32.8 Å². The van der Waals surface area contributed by atoms with E-state index in [1.165, 1.54) is 0 Å². The molecular weight excluding hydrogens is 399 g/mol. The van der Waals surface area contributed by atoms with Crippen molar-refractivity contribution < 1.29 is 32.6 Å². The minimum absolute atomic E-state index is 0.0781. The van der Waals surface area contributed by atoms with Gasteiger partial charge in [0.2, 0.25) is 5.91 Å². The summed E-state index contributed by atoms with van der Waals surface area (Å²) < 4.78 is 37.6. The van der Waals surface area contributed by atoms with Crippen LogP contribution < -0.4 is 0 Å². The molecule has 11 heteroatoms. The molecule has 4 heterocycles. The van der Waals surface area contributed by atoms with E-state index in [9.17, 15) is 18.0 Å².